The van der Waals surface area contributed by atoms with Crippen molar-refractivity contribution >= 4 is 47.0 Å². The number of nitro groups is 1. The van der Waals surface area contributed by atoms with Crippen molar-refractivity contribution in [1.29, 1.82) is 0 Å². The fraction of sp³-hybridized carbons (Fsp3) is 0.639. The SMILES string of the molecule is CC(C)C[C@H](N)C(=O)N1CCC[C@H]1C(=O)N[C@@H](CCCCN)C(=O)N[C@@H](CCCCN)C(=O)N[C@@H](Cc1ccc(O)c([N+](=O)[O-])c1)C(=O)NCC(=O)NCC(N)=O. The van der Waals surface area contributed by atoms with Gasteiger partial charge in [-0.3, -0.25) is 43.7 Å². The molecule has 0 spiro atoms. The van der Waals surface area contributed by atoms with Gasteiger partial charge in [0.05, 0.1) is 24.1 Å². The molecule has 1 fully saturated rings. The third-order valence-electron chi connectivity index (χ3n) is 9.23. The first kappa shape index (κ1) is 47.7. The molecule has 7 amide bonds. The molecular formula is C36H59N11O10. The van der Waals surface area contributed by atoms with Crippen molar-refractivity contribution < 1.29 is 43.6 Å². The van der Waals surface area contributed by atoms with E-state index < -0.39 is 95.1 Å². The van der Waals surface area contributed by atoms with Crippen LogP contribution in [-0.4, -0.2) is 119 Å². The van der Waals surface area contributed by atoms with Crippen molar-refractivity contribution in [3.63, 3.8) is 0 Å². The minimum atomic E-state index is -1.47. The molecule has 318 valence electrons. The lowest BCUT2D eigenvalue weighted by atomic mass is 10.0. The van der Waals surface area contributed by atoms with E-state index in [1.807, 2.05) is 13.8 Å². The lowest BCUT2D eigenvalue weighted by molar-refractivity contribution is -0.385. The first-order valence-electron chi connectivity index (χ1n) is 19.1. The number of rotatable bonds is 25. The summed E-state index contributed by atoms with van der Waals surface area (Å²) in [6, 6.07) is -2.12. The van der Waals surface area contributed by atoms with Gasteiger partial charge < -0.3 is 59.5 Å². The lowest BCUT2D eigenvalue weighted by Gasteiger charge is -2.29. The minimum Gasteiger partial charge on any atom is -0.502 e. The van der Waals surface area contributed by atoms with Gasteiger partial charge in [0.25, 0.3) is 0 Å². The lowest BCUT2D eigenvalue weighted by Crippen LogP contribution is -2.59. The number of nitrogens with zero attached hydrogens (tertiary/aromatic N) is 2. The number of nitrogens with two attached hydrogens (primary N) is 4. The first-order valence-corrected chi connectivity index (χ1v) is 19.1. The van der Waals surface area contributed by atoms with E-state index in [2.05, 4.69) is 26.6 Å². The van der Waals surface area contributed by atoms with Crippen LogP contribution in [0, 0.1) is 16.0 Å². The average Bonchev–Trinajstić information content (AvgIpc) is 3.65. The molecule has 21 heteroatoms. The molecule has 0 unspecified atom stereocenters. The Kier molecular flexibility index (Phi) is 20.3. The number of aromatic hydroxyl groups is 1. The largest absolute Gasteiger partial charge is 0.502 e. The Morgan fingerprint density at radius 2 is 1.47 bits per heavy atom. The average molecular weight is 806 g/mol. The summed E-state index contributed by atoms with van der Waals surface area (Å²) >= 11 is 0. The molecule has 1 aromatic rings. The molecule has 0 radical (unpaired) electrons. The summed E-state index contributed by atoms with van der Waals surface area (Å²) in [5.74, 6) is -5.39. The molecule has 14 N–H and O–H groups in total. The number of phenolic OH excluding ortho intramolecular Hbond substituents is 1. The van der Waals surface area contributed by atoms with Gasteiger partial charge in [0.1, 0.15) is 24.2 Å². The Morgan fingerprint density at radius 3 is 2.04 bits per heavy atom. The highest BCUT2D eigenvalue weighted by atomic mass is 16.6. The number of primary amides is 1. The molecule has 1 heterocycles. The summed E-state index contributed by atoms with van der Waals surface area (Å²) in [6.07, 6.45) is 3.06. The molecule has 5 atom stereocenters. The van der Waals surface area contributed by atoms with Crippen molar-refractivity contribution in [2.75, 3.05) is 32.7 Å². The van der Waals surface area contributed by atoms with E-state index in [1.165, 1.54) is 11.0 Å². The van der Waals surface area contributed by atoms with Gasteiger partial charge >= 0.3 is 5.69 Å². The van der Waals surface area contributed by atoms with Crippen molar-refractivity contribution in [1.82, 2.24) is 31.5 Å². The summed E-state index contributed by atoms with van der Waals surface area (Å²) in [6.45, 7) is 3.69. The number of nitro benzene ring substituents is 1. The molecule has 1 aliphatic rings. The van der Waals surface area contributed by atoms with Crippen LogP contribution >= 0.6 is 0 Å². The van der Waals surface area contributed by atoms with Gasteiger partial charge in [-0.25, -0.2) is 0 Å². The molecule has 0 aliphatic carbocycles. The number of carbonyl (C=O) groups is 7. The number of phenols is 1. The van der Waals surface area contributed by atoms with Gasteiger partial charge in [-0.15, -0.1) is 0 Å². The summed E-state index contributed by atoms with van der Waals surface area (Å²) in [7, 11) is 0. The van der Waals surface area contributed by atoms with E-state index in [4.69, 9.17) is 22.9 Å². The number of amides is 7. The molecule has 0 aromatic heterocycles. The Balaban J connectivity index is 2.35. The predicted molar refractivity (Wildman–Crippen MR) is 207 cm³/mol. The van der Waals surface area contributed by atoms with E-state index in [9.17, 15) is 48.8 Å². The van der Waals surface area contributed by atoms with Gasteiger partial charge in [0.2, 0.25) is 41.4 Å². The zero-order valence-corrected chi connectivity index (χ0v) is 32.6. The molecular weight excluding hydrogens is 746 g/mol. The normalized spacial score (nSPS) is 15.8. The first-order chi connectivity index (χ1) is 27.0. The molecule has 21 nitrogen and oxygen atoms in total. The Labute approximate surface area is 331 Å². The monoisotopic (exact) mass is 805 g/mol. The number of likely N-dealkylation sites (tertiary alicyclic amines) is 1. The van der Waals surface area contributed by atoms with Gasteiger partial charge in [-0.05, 0) is 88.4 Å². The topological polar surface area (TPSA) is 350 Å². The number of unbranched alkanes of at least 4 members (excludes halogenated alkanes) is 2. The molecule has 1 aromatic carbocycles. The predicted octanol–water partition coefficient (Wildman–Crippen LogP) is -2.36. The number of hydrogen-bond acceptors (Lipinski definition) is 13. The summed E-state index contributed by atoms with van der Waals surface area (Å²) < 4.78 is 0. The molecule has 57 heavy (non-hydrogen) atoms. The van der Waals surface area contributed by atoms with Crippen molar-refractivity contribution in [3.05, 3.63) is 33.9 Å². The quantitative estimate of drug-likeness (QED) is 0.0281. The third-order valence-corrected chi connectivity index (χ3v) is 9.23. The maximum atomic E-state index is 13.9. The number of nitrogens with one attached hydrogen (secondary N) is 5. The van der Waals surface area contributed by atoms with Gasteiger partial charge in [-0.1, -0.05) is 19.9 Å². The third kappa shape index (κ3) is 16.3. The van der Waals surface area contributed by atoms with E-state index >= 15 is 0 Å². The molecule has 1 aliphatic heterocycles. The fourth-order valence-corrected chi connectivity index (χ4v) is 6.29. The Bertz CT molecular complexity index is 1580. The van der Waals surface area contributed by atoms with Crippen LogP contribution in [0.3, 0.4) is 0 Å². The summed E-state index contributed by atoms with van der Waals surface area (Å²) in [5, 5.41) is 34.0. The van der Waals surface area contributed by atoms with Gasteiger partial charge in [0, 0.05) is 19.0 Å². The van der Waals surface area contributed by atoms with Crippen LogP contribution in [0.4, 0.5) is 5.69 Å². The highest BCUT2D eigenvalue weighted by Crippen LogP contribution is 2.27. The zero-order chi connectivity index (χ0) is 42.7. The maximum absolute atomic E-state index is 13.9. The van der Waals surface area contributed by atoms with E-state index in [-0.39, 0.29) is 43.2 Å². The highest BCUT2D eigenvalue weighted by molar-refractivity contribution is 5.96. The highest BCUT2D eigenvalue weighted by Gasteiger charge is 2.38. The Morgan fingerprint density at radius 1 is 0.877 bits per heavy atom. The fourth-order valence-electron chi connectivity index (χ4n) is 6.29. The maximum Gasteiger partial charge on any atom is 0.310 e. The zero-order valence-electron chi connectivity index (χ0n) is 32.6. The summed E-state index contributed by atoms with van der Waals surface area (Å²) in [5.41, 5.74) is 22.1. The van der Waals surface area contributed by atoms with E-state index in [0.29, 0.717) is 58.0 Å². The van der Waals surface area contributed by atoms with E-state index in [0.717, 1.165) is 12.1 Å². The molecule has 0 bridgehead atoms. The van der Waals surface area contributed by atoms with Crippen LogP contribution in [0.2, 0.25) is 0 Å². The van der Waals surface area contributed by atoms with Crippen LogP contribution in [0.15, 0.2) is 18.2 Å². The second-order valence-electron chi connectivity index (χ2n) is 14.4. The van der Waals surface area contributed by atoms with Crippen LogP contribution in [-0.2, 0) is 40.0 Å². The van der Waals surface area contributed by atoms with Crippen molar-refractivity contribution in [2.24, 2.45) is 28.9 Å². The van der Waals surface area contributed by atoms with Gasteiger partial charge in [-0.2, -0.15) is 0 Å². The van der Waals surface area contributed by atoms with Crippen LogP contribution < -0.4 is 49.5 Å². The van der Waals surface area contributed by atoms with Crippen molar-refractivity contribution in [2.45, 2.75) is 108 Å². The summed E-state index contributed by atoms with van der Waals surface area (Å²) in [4.78, 5) is 103. The Hall–Kier alpha value is -5.41. The van der Waals surface area contributed by atoms with Crippen LogP contribution in [0.5, 0.6) is 5.75 Å². The second kappa shape index (κ2) is 24.3. The minimum absolute atomic E-state index is 0.0609. The molecule has 2 rings (SSSR count). The molecule has 1 saturated heterocycles. The van der Waals surface area contributed by atoms with Gasteiger partial charge in [0.15, 0.2) is 5.75 Å². The van der Waals surface area contributed by atoms with Crippen LogP contribution in [0.25, 0.3) is 0 Å². The number of hydrogen-bond donors (Lipinski definition) is 10. The smallest absolute Gasteiger partial charge is 0.310 e. The number of carbonyl (C=O) groups excluding carboxylic acids is 7. The standard InChI is InChI=1S/C36H59N11O10/c1-21(2)16-23(39)36(55)46-15-7-10-27(46)35(54)44-25(9-4-6-14-38)33(52)43-24(8-3-5-13-37)34(53)45-26(32(51)42-20-31(50)41-19-30(40)49)17-22-11-12-29(48)28(18-22)47(56)57/h11-12,18,21,23-27,48H,3-10,13-17,19-20,37-39H2,1-2H3,(H2,40,49)(H,41,50)(H,42,51)(H,43,52)(H,44,54)(H,45,53)/t23-,24-,25-,26-,27-/m0/s1. The number of benzene rings is 1. The second-order valence-corrected chi connectivity index (χ2v) is 14.4. The van der Waals surface area contributed by atoms with E-state index in [1.54, 1.807) is 0 Å². The molecule has 0 saturated carbocycles. The van der Waals surface area contributed by atoms with Crippen molar-refractivity contribution in [3.8, 4) is 5.75 Å². The van der Waals surface area contributed by atoms with Crippen LogP contribution in [0.1, 0.15) is 77.2 Å².